The SMILES string of the molecule is CC(C)[C@@]1(c2cccc(F)c2)C[C@@]12C(=O)N(Cc1cccc(C(=O)O)c1)c1ccccc12. The average Bonchev–Trinajstić information content (AvgIpc) is 3.45. The van der Waals surface area contributed by atoms with Gasteiger partial charge in [0.05, 0.1) is 17.5 Å². The second-order valence-electron chi connectivity index (χ2n) is 9.13. The van der Waals surface area contributed by atoms with Gasteiger partial charge in [-0.2, -0.15) is 0 Å². The Morgan fingerprint density at radius 3 is 2.53 bits per heavy atom. The smallest absolute Gasteiger partial charge is 0.335 e. The van der Waals surface area contributed by atoms with Gasteiger partial charge in [0.1, 0.15) is 5.82 Å². The quantitative estimate of drug-likeness (QED) is 0.598. The molecule has 1 spiro atoms. The number of hydrogen-bond donors (Lipinski definition) is 1. The predicted octanol–water partition coefficient (Wildman–Crippen LogP) is 5.31. The largest absolute Gasteiger partial charge is 0.478 e. The molecule has 2 aliphatic rings. The molecule has 0 bridgehead atoms. The van der Waals surface area contributed by atoms with Gasteiger partial charge in [-0.1, -0.05) is 56.3 Å². The number of anilines is 1. The van der Waals surface area contributed by atoms with E-state index in [1.54, 1.807) is 35.2 Å². The monoisotopic (exact) mass is 429 g/mol. The molecule has 1 aliphatic heterocycles. The summed E-state index contributed by atoms with van der Waals surface area (Å²) in [4.78, 5) is 27.2. The fourth-order valence-corrected chi connectivity index (χ4v) is 5.79. The lowest BCUT2D eigenvalue weighted by Gasteiger charge is -2.27. The van der Waals surface area contributed by atoms with E-state index in [1.807, 2.05) is 36.4 Å². The van der Waals surface area contributed by atoms with Gasteiger partial charge in [0, 0.05) is 11.1 Å². The zero-order valence-electron chi connectivity index (χ0n) is 18.0. The molecule has 3 aromatic carbocycles. The first-order valence-corrected chi connectivity index (χ1v) is 10.8. The van der Waals surface area contributed by atoms with E-state index in [0.717, 1.165) is 22.4 Å². The van der Waals surface area contributed by atoms with Gasteiger partial charge in [-0.25, -0.2) is 9.18 Å². The molecule has 3 aromatic rings. The lowest BCUT2D eigenvalue weighted by Crippen LogP contribution is -2.38. The summed E-state index contributed by atoms with van der Waals surface area (Å²) in [5.41, 5.74) is 2.39. The van der Waals surface area contributed by atoms with Crippen molar-refractivity contribution >= 4 is 17.6 Å². The Morgan fingerprint density at radius 1 is 1.06 bits per heavy atom. The zero-order chi connectivity index (χ0) is 22.7. The van der Waals surface area contributed by atoms with Crippen LogP contribution in [0.25, 0.3) is 0 Å². The van der Waals surface area contributed by atoms with Crippen LogP contribution >= 0.6 is 0 Å². The summed E-state index contributed by atoms with van der Waals surface area (Å²) >= 11 is 0. The van der Waals surface area contributed by atoms with Gasteiger partial charge < -0.3 is 10.0 Å². The molecule has 4 nitrogen and oxygen atoms in total. The maximum absolute atomic E-state index is 14.2. The van der Waals surface area contributed by atoms with Gasteiger partial charge in [0.2, 0.25) is 5.91 Å². The van der Waals surface area contributed by atoms with E-state index >= 15 is 0 Å². The second-order valence-corrected chi connectivity index (χ2v) is 9.13. The molecule has 1 heterocycles. The van der Waals surface area contributed by atoms with E-state index in [0.29, 0.717) is 6.42 Å². The van der Waals surface area contributed by atoms with Crippen molar-refractivity contribution in [3.63, 3.8) is 0 Å². The first-order valence-electron chi connectivity index (χ1n) is 10.8. The minimum Gasteiger partial charge on any atom is -0.478 e. The molecule has 1 amide bonds. The summed E-state index contributed by atoms with van der Waals surface area (Å²) in [6.45, 7) is 4.47. The molecule has 1 fully saturated rings. The van der Waals surface area contributed by atoms with Gasteiger partial charge in [-0.3, -0.25) is 4.79 Å². The maximum atomic E-state index is 14.2. The van der Waals surface area contributed by atoms with Crippen molar-refractivity contribution in [3.05, 3.63) is 101 Å². The number of carbonyl (C=O) groups is 2. The average molecular weight is 429 g/mol. The lowest BCUT2D eigenvalue weighted by molar-refractivity contribution is -0.121. The number of benzene rings is 3. The third-order valence-corrected chi connectivity index (χ3v) is 7.29. The Kier molecular flexibility index (Phi) is 4.48. The molecule has 162 valence electrons. The van der Waals surface area contributed by atoms with Crippen molar-refractivity contribution in [2.24, 2.45) is 5.92 Å². The third kappa shape index (κ3) is 2.67. The summed E-state index contributed by atoms with van der Waals surface area (Å²) in [6, 6.07) is 21.1. The van der Waals surface area contributed by atoms with Crippen LogP contribution in [-0.4, -0.2) is 17.0 Å². The Bertz CT molecular complexity index is 1250. The Morgan fingerprint density at radius 2 is 1.81 bits per heavy atom. The van der Waals surface area contributed by atoms with Gasteiger partial charge in [-0.15, -0.1) is 0 Å². The predicted molar refractivity (Wildman–Crippen MR) is 120 cm³/mol. The van der Waals surface area contributed by atoms with Crippen LogP contribution in [0.4, 0.5) is 10.1 Å². The maximum Gasteiger partial charge on any atom is 0.335 e. The summed E-state index contributed by atoms with van der Waals surface area (Å²) in [6.07, 6.45) is 0.628. The Balaban J connectivity index is 1.61. The minimum atomic E-state index is -0.997. The normalized spacial score (nSPS) is 23.6. The van der Waals surface area contributed by atoms with Crippen LogP contribution in [0.5, 0.6) is 0 Å². The van der Waals surface area contributed by atoms with Crippen LogP contribution < -0.4 is 4.90 Å². The Labute approximate surface area is 186 Å². The van der Waals surface area contributed by atoms with Crippen LogP contribution in [0.1, 0.15) is 47.3 Å². The highest BCUT2D eigenvalue weighted by Gasteiger charge is 2.77. The van der Waals surface area contributed by atoms with Crippen molar-refractivity contribution in [2.75, 3.05) is 4.90 Å². The summed E-state index contributed by atoms with van der Waals surface area (Å²) < 4.78 is 14.2. The van der Waals surface area contributed by atoms with Crippen LogP contribution in [0.3, 0.4) is 0 Å². The number of fused-ring (bicyclic) bond motifs is 2. The number of amides is 1. The molecule has 32 heavy (non-hydrogen) atoms. The van der Waals surface area contributed by atoms with E-state index in [1.165, 1.54) is 6.07 Å². The van der Waals surface area contributed by atoms with Crippen LogP contribution in [-0.2, 0) is 22.2 Å². The molecule has 1 aliphatic carbocycles. The van der Waals surface area contributed by atoms with Crippen molar-refractivity contribution in [3.8, 4) is 0 Å². The molecule has 0 unspecified atom stereocenters. The van der Waals surface area contributed by atoms with E-state index in [4.69, 9.17) is 0 Å². The Hall–Kier alpha value is -3.47. The number of aromatic carboxylic acids is 1. The van der Waals surface area contributed by atoms with E-state index < -0.39 is 16.8 Å². The molecule has 2 atom stereocenters. The summed E-state index contributed by atoms with van der Waals surface area (Å²) in [5, 5.41) is 9.34. The number of halogens is 1. The van der Waals surface area contributed by atoms with Crippen LogP contribution in [0, 0.1) is 11.7 Å². The van der Waals surface area contributed by atoms with Gasteiger partial charge in [0.15, 0.2) is 0 Å². The number of carboxylic acid groups (broad SMARTS) is 1. The molecule has 5 rings (SSSR count). The second kappa shape index (κ2) is 7.02. The zero-order valence-corrected chi connectivity index (χ0v) is 18.0. The summed E-state index contributed by atoms with van der Waals surface area (Å²) in [7, 11) is 0. The van der Waals surface area contributed by atoms with Crippen molar-refractivity contribution in [1.29, 1.82) is 0 Å². The highest BCUT2D eigenvalue weighted by Crippen LogP contribution is 2.73. The van der Waals surface area contributed by atoms with E-state index in [-0.39, 0.29) is 29.8 Å². The van der Waals surface area contributed by atoms with Gasteiger partial charge in [0.25, 0.3) is 0 Å². The molecule has 1 N–H and O–H groups in total. The molecule has 0 radical (unpaired) electrons. The first kappa shape index (κ1) is 20.4. The lowest BCUT2D eigenvalue weighted by atomic mass is 9.75. The number of nitrogens with zero attached hydrogens (tertiary/aromatic N) is 1. The van der Waals surface area contributed by atoms with Gasteiger partial charge >= 0.3 is 5.97 Å². The standard InChI is InChI=1S/C27H24FNO3/c1-17(2)26(20-9-6-10-21(28)14-20)16-27(26)22-11-3-4-12-23(22)29(25(27)32)15-18-7-5-8-19(13-18)24(30)31/h3-14,17H,15-16H2,1-2H3,(H,30,31)/t26-,27-/m1/s1. The molecular formula is C27H24FNO3. The fraction of sp³-hybridized carbons (Fsp3) is 0.259. The minimum absolute atomic E-state index is 0.00242. The highest BCUT2D eigenvalue weighted by molar-refractivity contribution is 6.12. The number of para-hydroxylation sites is 1. The number of carbonyl (C=O) groups excluding carboxylic acids is 1. The third-order valence-electron chi connectivity index (χ3n) is 7.29. The van der Waals surface area contributed by atoms with Crippen LogP contribution in [0.15, 0.2) is 72.8 Å². The van der Waals surface area contributed by atoms with Gasteiger partial charge in [-0.05, 0) is 59.4 Å². The van der Waals surface area contributed by atoms with Crippen molar-refractivity contribution in [2.45, 2.75) is 37.6 Å². The molecule has 5 heteroatoms. The number of carboxylic acids is 1. The van der Waals surface area contributed by atoms with Crippen LogP contribution in [0.2, 0.25) is 0 Å². The number of rotatable bonds is 5. The summed E-state index contributed by atoms with van der Waals surface area (Å²) in [5.74, 6) is -1.18. The molecule has 1 saturated carbocycles. The topological polar surface area (TPSA) is 57.6 Å². The molecule has 0 saturated heterocycles. The van der Waals surface area contributed by atoms with Crippen molar-refractivity contribution < 1.29 is 19.1 Å². The highest BCUT2D eigenvalue weighted by atomic mass is 19.1. The van der Waals surface area contributed by atoms with Crippen molar-refractivity contribution in [1.82, 2.24) is 0 Å². The number of hydrogen-bond acceptors (Lipinski definition) is 2. The first-order chi connectivity index (χ1) is 15.3. The molecule has 0 aromatic heterocycles. The fourth-order valence-electron chi connectivity index (χ4n) is 5.79. The van der Waals surface area contributed by atoms with E-state index in [2.05, 4.69) is 13.8 Å². The molecular weight excluding hydrogens is 405 g/mol. The van der Waals surface area contributed by atoms with E-state index in [9.17, 15) is 19.1 Å².